The Morgan fingerprint density at radius 3 is 2.85 bits per heavy atom. The van der Waals surface area contributed by atoms with Gasteiger partial charge >= 0.3 is 5.69 Å². The van der Waals surface area contributed by atoms with Gasteiger partial charge in [0.05, 0.1) is 4.92 Å². The van der Waals surface area contributed by atoms with Crippen molar-refractivity contribution in [3.63, 3.8) is 0 Å². The number of nitro benzene ring substituents is 1. The Labute approximate surface area is 120 Å². The van der Waals surface area contributed by atoms with Gasteiger partial charge in [-0.2, -0.15) is 16.2 Å². The molecule has 0 heterocycles. The number of hydrogen-bond donors (Lipinski definition) is 1. The molecule has 1 saturated carbocycles. The Morgan fingerprint density at radius 1 is 1.45 bits per heavy atom. The number of nitrogens with one attached hydrogen (secondary N) is 1. The first kappa shape index (κ1) is 15.0. The lowest BCUT2D eigenvalue weighted by atomic mass is 10.2. The quantitative estimate of drug-likeness (QED) is 0.661. The highest BCUT2D eigenvalue weighted by molar-refractivity contribution is 7.99. The molecule has 110 valence electrons. The van der Waals surface area contributed by atoms with Crippen LogP contribution in [-0.2, 0) is 0 Å². The molecule has 1 aliphatic carbocycles. The molecule has 0 spiro atoms. The lowest BCUT2D eigenvalue weighted by molar-refractivity contribution is -0.386. The summed E-state index contributed by atoms with van der Waals surface area (Å²) in [6, 6.07) is 1.54. The van der Waals surface area contributed by atoms with E-state index in [1.165, 1.54) is 0 Å². The Morgan fingerprint density at radius 2 is 2.20 bits per heavy atom. The molecule has 20 heavy (non-hydrogen) atoms. The smallest absolute Gasteiger partial charge is 0.327 e. The topological polar surface area (TPSA) is 55.2 Å². The van der Waals surface area contributed by atoms with Crippen LogP contribution >= 0.6 is 11.8 Å². The molecule has 1 aliphatic rings. The van der Waals surface area contributed by atoms with Crippen molar-refractivity contribution in [2.75, 3.05) is 11.1 Å². The average Bonchev–Trinajstić information content (AvgIpc) is 2.75. The van der Waals surface area contributed by atoms with Crippen LogP contribution in [0.2, 0.25) is 0 Å². The molecule has 0 saturated heterocycles. The molecule has 0 aromatic heterocycles. The van der Waals surface area contributed by atoms with E-state index in [1.54, 1.807) is 11.8 Å². The number of halogens is 2. The fourth-order valence-corrected chi connectivity index (χ4v) is 3.76. The average molecular weight is 302 g/mol. The summed E-state index contributed by atoms with van der Waals surface area (Å²) < 4.78 is 26.8. The van der Waals surface area contributed by atoms with Crippen molar-refractivity contribution in [2.45, 2.75) is 37.5 Å². The molecule has 1 N–H and O–H groups in total. The van der Waals surface area contributed by atoms with Crippen LogP contribution in [-0.4, -0.2) is 22.0 Å². The highest BCUT2D eigenvalue weighted by Gasteiger charge is 2.30. The molecule has 7 heteroatoms. The van der Waals surface area contributed by atoms with Gasteiger partial charge in [0, 0.05) is 23.4 Å². The van der Waals surface area contributed by atoms with E-state index in [1.807, 2.05) is 6.92 Å². The molecule has 1 fully saturated rings. The molecular weight excluding hydrogens is 286 g/mol. The number of anilines is 1. The predicted octanol–water partition coefficient (Wildman–Crippen LogP) is 3.96. The lowest BCUT2D eigenvalue weighted by Gasteiger charge is -2.21. The summed E-state index contributed by atoms with van der Waals surface area (Å²) in [6.07, 6.45) is 2.88. The van der Waals surface area contributed by atoms with Gasteiger partial charge in [0.1, 0.15) is 11.5 Å². The van der Waals surface area contributed by atoms with Gasteiger partial charge in [-0.3, -0.25) is 10.1 Å². The normalized spacial score (nSPS) is 21.9. The molecule has 0 aliphatic heterocycles. The SMILES string of the molecule is CCSC1CCCC1Nc1cc(F)cc(F)c1[N+](=O)[O-]. The third-order valence-corrected chi connectivity index (χ3v) is 4.71. The molecule has 0 bridgehead atoms. The number of hydrogen-bond acceptors (Lipinski definition) is 4. The zero-order valence-corrected chi connectivity index (χ0v) is 11.9. The van der Waals surface area contributed by atoms with Crippen molar-refractivity contribution in [3.05, 3.63) is 33.9 Å². The highest BCUT2D eigenvalue weighted by Crippen LogP contribution is 2.35. The van der Waals surface area contributed by atoms with Gasteiger partial charge in [-0.15, -0.1) is 0 Å². The third-order valence-electron chi connectivity index (χ3n) is 3.38. The van der Waals surface area contributed by atoms with Crippen LogP contribution in [0.4, 0.5) is 20.2 Å². The first-order valence-corrected chi connectivity index (χ1v) is 7.59. The monoisotopic (exact) mass is 302 g/mol. The van der Waals surface area contributed by atoms with E-state index in [0.29, 0.717) is 11.3 Å². The van der Waals surface area contributed by atoms with Crippen molar-refractivity contribution in [1.82, 2.24) is 0 Å². The molecule has 4 nitrogen and oxygen atoms in total. The van der Waals surface area contributed by atoms with Crippen LogP contribution < -0.4 is 5.32 Å². The molecule has 2 unspecified atom stereocenters. The van der Waals surface area contributed by atoms with Gasteiger partial charge in [0.25, 0.3) is 0 Å². The standard InChI is InChI=1S/C13H16F2N2O2S/c1-2-20-12-5-3-4-10(12)16-11-7-8(14)6-9(15)13(11)17(18)19/h6-7,10,12,16H,2-5H2,1H3. The van der Waals surface area contributed by atoms with Gasteiger partial charge in [0.2, 0.25) is 5.82 Å². The minimum Gasteiger partial charge on any atom is -0.375 e. The van der Waals surface area contributed by atoms with E-state index >= 15 is 0 Å². The minimum atomic E-state index is -1.14. The van der Waals surface area contributed by atoms with Crippen molar-refractivity contribution >= 4 is 23.1 Å². The summed E-state index contributed by atoms with van der Waals surface area (Å²) in [6.45, 7) is 2.05. The Hall–Kier alpha value is -1.37. The number of nitro groups is 1. The summed E-state index contributed by atoms with van der Waals surface area (Å²) in [5.41, 5.74) is -0.750. The zero-order valence-electron chi connectivity index (χ0n) is 11.1. The van der Waals surface area contributed by atoms with Gasteiger partial charge < -0.3 is 5.32 Å². The van der Waals surface area contributed by atoms with Crippen molar-refractivity contribution in [2.24, 2.45) is 0 Å². The Kier molecular flexibility index (Phi) is 4.80. The van der Waals surface area contributed by atoms with Crippen LogP contribution in [0.3, 0.4) is 0 Å². The maximum Gasteiger partial charge on any atom is 0.327 e. The van der Waals surface area contributed by atoms with Crippen molar-refractivity contribution < 1.29 is 13.7 Å². The van der Waals surface area contributed by atoms with E-state index in [2.05, 4.69) is 5.32 Å². The molecule has 1 aromatic rings. The molecule has 0 amide bonds. The number of thioether (sulfide) groups is 1. The second-order valence-electron chi connectivity index (χ2n) is 4.72. The first-order valence-electron chi connectivity index (χ1n) is 6.54. The van der Waals surface area contributed by atoms with Crippen molar-refractivity contribution in [3.8, 4) is 0 Å². The fourth-order valence-electron chi connectivity index (χ4n) is 2.57. The number of rotatable bonds is 5. The third kappa shape index (κ3) is 3.20. The zero-order chi connectivity index (χ0) is 14.7. The van der Waals surface area contributed by atoms with Crippen molar-refractivity contribution in [1.29, 1.82) is 0 Å². The summed E-state index contributed by atoms with van der Waals surface area (Å²) >= 11 is 1.77. The Balaban J connectivity index is 2.26. The van der Waals surface area contributed by atoms with E-state index in [9.17, 15) is 18.9 Å². The second-order valence-corrected chi connectivity index (χ2v) is 6.23. The Bertz CT molecular complexity index is 513. The summed E-state index contributed by atoms with van der Waals surface area (Å²) in [5, 5.41) is 14.2. The van der Waals surface area contributed by atoms with Gasteiger partial charge in [0.15, 0.2) is 0 Å². The molecule has 2 rings (SSSR count). The van der Waals surface area contributed by atoms with Crippen LogP contribution in [0.1, 0.15) is 26.2 Å². The molecule has 2 atom stereocenters. The number of nitrogens with zero attached hydrogens (tertiary/aromatic N) is 1. The molecule has 0 radical (unpaired) electrons. The van der Waals surface area contributed by atoms with Gasteiger partial charge in [-0.1, -0.05) is 13.3 Å². The maximum absolute atomic E-state index is 13.6. The lowest BCUT2D eigenvalue weighted by Crippen LogP contribution is -2.26. The van der Waals surface area contributed by atoms with Gasteiger partial charge in [-0.05, 0) is 18.6 Å². The van der Waals surface area contributed by atoms with Crippen LogP contribution in [0.5, 0.6) is 0 Å². The highest BCUT2D eigenvalue weighted by atomic mass is 32.2. The summed E-state index contributed by atoms with van der Waals surface area (Å²) in [5.74, 6) is -1.01. The first-order chi connectivity index (χ1) is 9.52. The van der Waals surface area contributed by atoms with Crippen LogP contribution in [0.15, 0.2) is 12.1 Å². The summed E-state index contributed by atoms with van der Waals surface area (Å²) in [7, 11) is 0. The predicted molar refractivity (Wildman–Crippen MR) is 76.2 cm³/mol. The number of benzene rings is 1. The largest absolute Gasteiger partial charge is 0.375 e. The van der Waals surface area contributed by atoms with Gasteiger partial charge in [-0.25, -0.2) is 4.39 Å². The molecular formula is C13H16F2N2O2S. The van der Waals surface area contributed by atoms with E-state index in [0.717, 1.165) is 31.1 Å². The van der Waals surface area contributed by atoms with E-state index in [-0.39, 0.29) is 11.7 Å². The van der Waals surface area contributed by atoms with E-state index < -0.39 is 22.2 Å². The second kappa shape index (κ2) is 6.39. The van der Waals surface area contributed by atoms with Crippen LogP contribution in [0, 0.1) is 21.7 Å². The summed E-state index contributed by atoms with van der Waals surface area (Å²) in [4.78, 5) is 10.1. The van der Waals surface area contributed by atoms with Crippen LogP contribution in [0.25, 0.3) is 0 Å². The maximum atomic E-state index is 13.6. The van der Waals surface area contributed by atoms with E-state index in [4.69, 9.17) is 0 Å². The fraction of sp³-hybridized carbons (Fsp3) is 0.538. The molecule has 1 aromatic carbocycles. The minimum absolute atomic E-state index is 0.0137.